The van der Waals surface area contributed by atoms with Crippen LogP contribution in [0.5, 0.6) is 0 Å². The fourth-order valence-electron chi connectivity index (χ4n) is 3.44. The maximum atomic E-state index is 9.37. The summed E-state index contributed by atoms with van der Waals surface area (Å²) in [6.07, 6.45) is 5.46. The first kappa shape index (κ1) is 22.6. The van der Waals surface area contributed by atoms with Crippen LogP contribution in [-0.4, -0.2) is 54.3 Å². The van der Waals surface area contributed by atoms with E-state index in [9.17, 15) is 5.11 Å². The zero-order valence-corrected chi connectivity index (χ0v) is 18.6. The van der Waals surface area contributed by atoms with E-state index in [1.165, 1.54) is 11.1 Å². The van der Waals surface area contributed by atoms with Crippen LogP contribution in [0, 0.1) is 5.41 Å². The lowest BCUT2D eigenvalue weighted by atomic mass is 9.84. The minimum Gasteiger partial charge on any atom is -0.396 e. The van der Waals surface area contributed by atoms with Gasteiger partial charge in [0, 0.05) is 51.2 Å². The van der Waals surface area contributed by atoms with Crippen LogP contribution < -0.4 is 10.6 Å². The summed E-state index contributed by atoms with van der Waals surface area (Å²) in [7, 11) is 1.77. The van der Waals surface area contributed by atoms with Crippen molar-refractivity contribution in [2.45, 2.75) is 25.9 Å². The molecule has 3 N–H and O–H groups in total. The molecule has 1 saturated heterocycles. The minimum absolute atomic E-state index is 0. The lowest BCUT2D eigenvalue weighted by Crippen LogP contribution is -2.44. The zero-order valence-electron chi connectivity index (χ0n) is 16.3. The minimum atomic E-state index is -0.00955. The highest BCUT2D eigenvalue weighted by atomic mass is 127. The highest BCUT2D eigenvalue weighted by Gasteiger charge is 2.34. The lowest BCUT2D eigenvalue weighted by Gasteiger charge is -2.27. The molecular formula is C20H30IN5O2. The van der Waals surface area contributed by atoms with Crippen molar-refractivity contribution in [3.63, 3.8) is 0 Å². The van der Waals surface area contributed by atoms with Gasteiger partial charge in [-0.2, -0.15) is 5.10 Å². The van der Waals surface area contributed by atoms with Crippen molar-refractivity contribution in [1.82, 2.24) is 20.4 Å². The smallest absolute Gasteiger partial charge is 0.191 e. The average Bonchev–Trinajstić information content (AvgIpc) is 3.36. The van der Waals surface area contributed by atoms with E-state index in [0.717, 1.165) is 38.5 Å². The number of rotatable bonds is 8. The molecule has 1 aromatic heterocycles. The summed E-state index contributed by atoms with van der Waals surface area (Å²) < 4.78 is 7.48. The van der Waals surface area contributed by atoms with Crippen molar-refractivity contribution in [3.8, 4) is 0 Å². The van der Waals surface area contributed by atoms with E-state index in [1.807, 2.05) is 29.1 Å². The van der Waals surface area contributed by atoms with E-state index < -0.39 is 0 Å². The summed E-state index contributed by atoms with van der Waals surface area (Å²) in [6, 6.07) is 10.3. The number of aromatic nitrogens is 2. The van der Waals surface area contributed by atoms with Gasteiger partial charge in [-0.25, -0.2) is 0 Å². The first-order chi connectivity index (χ1) is 13.2. The molecule has 3 rings (SSSR count). The topological polar surface area (TPSA) is 83.7 Å². The molecule has 7 nitrogen and oxygen atoms in total. The molecule has 2 aromatic rings. The van der Waals surface area contributed by atoms with E-state index in [1.54, 1.807) is 13.2 Å². The van der Waals surface area contributed by atoms with Gasteiger partial charge in [0.2, 0.25) is 0 Å². The van der Waals surface area contributed by atoms with Crippen molar-refractivity contribution in [2.24, 2.45) is 10.4 Å². The van der Waals surface area contributed by atoms with Gasteiger partial charge in [0.15, 0.2) is 5.96 Å². The van der Waals surface area contributed by atoms with Gasteiger partial charge >= 0.3 is 0 Å². The second-order valence-corrected chi connectivity index (χ2v) is 7.03. The van der Waals surface area contributed by atoms with Gasteiger partial charge in [0.25, 0.3) is 0 Å². The Hall–Kier alpha value is -1.65. The van der Waals surface area contributed by atoms with E-state index in [2.05, 4.69) is 32.9 Å². The number of nitrogens with zero attached hydrogens (tertiary/aromatic N) is 3. The van der Waals surface area contributed by atoms with E-state index in [-0.39, 0.29) is 36.0 Å². The number of hydrogen-bond acceptors (Lipinski definition) is 4. The summed E-state index contributed by atoms with van der Waals surface area (Å²) in [5, 5.41) is 20.5. The number of hydrogen-bond donors (Lipinski definition) is 3. The second kappa shape index (κ2) is 11.4. The quantitative estimate of drug-likeness (QED) is 0.294. The predicted molar refractivity (Wildman–Crippen MR) is 121 cm³/mol. The van der Waals surface area contributed by atoms with Crippen LogP contribution in [0.3, 0.4) is 0 Å². The van der Waals surface area contributed by atoms with E-state index >= 15 is 0 Å². The SMILES string of the molecule is CN=C(NCc1ccccc1Cn1cccn1)NCC1(CCO)CCOC1.I. The van der Waals surface area contributed by atoms with Gasteiger partial charge in [-0.1, -0.05) is 24.3 Å². The average molecular weight is 499 g/mol. The Balaban J connectivity index is 0.00000280. The van der Waals surface area contributed by atoms with Crippen molar-refractivity contribution in [2.75, 3.05) is 33.4 Å². The third-order valence-electron chi connectivity index (χ3n) is 5.14. The molecule has 0 spiro atoms. The number of guanidine groups is 1. The van der Waals surface area contributed by atoms with Gasteiger partial charge in [0.05, 0.1) is 13.2 Å². The normalized spacial score (nSPS) is 19.3. The molecule has 28 heavy (non-hydrogen) atoms. The Morgan fingerprint density at radius 1 is 1.29 bits per heavy atom. The highest BCUT2D eigenvalue weighted by Crippen LogP contribution is 2.31. The first-order valence-corrected chi connectivity index (χ1v) is 9.42. The maximum Gasteiger partial charge on any atom is 0.191 e. The van der Waals surface area contributed by atoms with Gasteiger partial charge in [-0.15, -0.1) is 24.0 Å². The number of benzene rings is 1. The number of ether oxygens (including phenoxy) is 1. The van der Waals surface area contributed by atoms with Gasteiger partial charge < -0.3 is 20.5 Å². The number of aliphatic hydroxyl groups excluding tert-OH is 1. The van der Waals surface area contributed by atoms with Crippen LogP contribution in [0.25, 0.3) is 0 Å². The fourth-order valence-corrected chi connectivity index (χ4v) is 3.44. The highest BCUT2D eigenvalue weighted by molar-refractivity contribution is 14.0. The van der Waals surface area contributed by atoms with Crippen LogP contribution in [0.4, 0.5) is 0 Å². The molecule has 2 heterocycles. The molecule has 0 aliphatic carbocycles. The molecule has 1 aromatic carbocycles. The van der Waals surface area contributed by atoms with Crippen molar-refractivity contribution >= 4 is 29.9 Å². The standard InChI is InChI=1S/C20H29N5O2.HI/c1-21-19(23-15-20(7-11-26)8-12-27-16-20)22-13-17-5-2-3-6-18(17)14-25-10-4-9-24-25;/h2-6,9-10,26H,7-8,11-16H2,1H3,(H2,21,22,23);1H. The van der Waals surface area contributed by atoms with Crippen molar-refractivity contribution < 1.29 is 9.84 Å². The van der Waals surface area contributed by atoms with Gasteiger partial charge in [0.1, 0.15) is 0 Å². The molecule has 154 valence electrons. The number of halogens is 1. The zero-order chi connectivity index (χ0) is 19.0. The van der Waals surface area contributed by atoms with Crippen LogP contribution in [0.2, 0.25) is 0 Å². The Morgan fingerprint density at radius 2 is 2.11 bits per heavy atom. The van der Waals surface area contributed by atoms with Crippen molar-refractivity contribution in [1.29, 1.82) is 0 Å². The Morgan fingerprint density at radius 3 is 2.75 bits per heavy atom. The molecule has 0 saturated carbocycles. The van der Waals surface area contributed by atoms with E-state index in [4.69, 9.17) is 4.74 Å². The van der Waals surface area contributed by atoms with Crippen molar-refractivity contribution in [3.05, 3.63) is 53.9 Å². The summed E-state index contributed by atoms with van der Waals surface area (Å²) in [6.45, 7) is 3.78. The number of aliphatic hydroxyl groups is 1. The maximum absolute atomic E-state index is 9.37. The molecule has 0 bridgehead atoms. The number of nitrogens with one attached hydrogen (secondary N) is 2. The molecule has 0 amide bonds. The largest absolute Gasteiger partial charge is 0.396 e. The lowest BCUT2D eigenvalue weighted by molar-refractivity contribution is 0.127. The van der Waals surface area contributed by atoms with Crippen LogP contribution in [0.15, 0.2) is 47.7 Å². The third kappa shape index (κ3) is 6.18. The number of aliphatic imine (C=N–C) groups is 1. The summed E-state index contributed by atoms with van der Waals surface area (Å²) in [5.41, 5.74) is 2.43. The summed E-state index contributed by atoms with van der Waals surface area (Å²) in [5.74, 6) is 0.758. The molecule has 1 atom stereocenters. The van der Waals surface area contributed by atoms with Gasteiger partial charge in [-0.05, 0) is 30.0 Å². The Labute approximate surface area is 183 Å². The molecule has 8 heteroatoms. The van der Waals surface area contributed by atoms with Crippen LogP contribution >= 0.6 is 24.0 Å². The summed E-state index contributed by atoms with van der Waals surface area (Å²) in [4.78, 5) is 4.33. The molecule has 1 unspecified atom stereocenters. The predicted octanol–water partition coefficient (Wildman–Crippen LogP) is 2.00. The van der Waals surface area contributed by atoms with Crippen LogP contribution in [-0.2, 0) is 17.8 Å². The molecule has 0 radical (unpaired) electrons. The monoisotopic (exact) mass is 499 g/mol. The molecule has 1 aliphatic heterocycles. The fraction of sp³-hybridized carbons (Fsp3) is 0.500. The molecule has 1 aliphatic rings. The Bertz CT molecular complexity index is 730. The van der Waals surface area contributed by atoms with Crippen LogP contribution in [0.1, 0.15) is 24.0 Å². The summed E-state index contributed by atoms with van der Waals surface area (Å²) >= 11 is 0. The first-order valence-electron chi connectivity index (χ1n) is 9.42. The molecule has 1 fully saturated rings. The second-order valence-electron chi connectivity index (χ2n) is 7.03. The third-order valence-corrected chi connectivity index (χ3v) is 5.14. The molecular weight excluding hydrogens is 469 g/mol. The van der Waals surface area contributed by atoms with E-state index in [0.29, 0.717) is 13.2 Å². The van der Waals surface area contributed by atoms with Gasteiger partial charge in [-0.3, -0.25) is 9.67 Å². The Kier molecular flexibility index (Phi) is 9.20.